The van der Waals surface area contributed by atoms with Crippen LogP contribution >= 0.6 is 0 Å². The third-order valence-corrected chi connectivity index (χ3v) is 2.41. The van der Waals surface area contributed by atoms with Gasteiger partial charge in [-0.3, -0.25) is 4.79 Å². The van der Waals surface area contributed by atoms with Gasteiger partial charge in [0.1, 0.15) is 0 Å². The van der Waals surface area contributed by atoms with E-state index in [1.807, 2.05) is 18.2 Å². The molecule has 70 valence electrons. The number of fused-ring (bicyclic) bond motifs is 1. The molecule has 4 heteroatoms. The van der Waals surface area contributed by atoms with Crippen LogP contribution in [0.4, 0.5) is 0 Å². The minimum absolute atomic E-state index is 0.197. The second kappa shape index (κ2) is 3.52. The number of carbonyl (C=O) groups is 1. The maximum absolute atomic E-state index is 11.4. The van der Waals surface area contributed by atoms with Crippen LogP contribution < -0.4 is 0 Å². The maximum atomic E-state index is 11.4. The molecule has 1 aromatic rings. The molecule has 0 spiro atoms. The number of aryl methyl sites for hydroxylation is 1. The Balaban J connectivity index is 2.34. The summed E-state index contributed by atoms with van der Waals surface area (Å²) in [5.41, 5.74) is 11.0. The number of nitrogens with zero attached hydrogens (tertiary/aromatic N) is 3. The fraction of sp³-hybridized carbons (Fsp3) is 0.300. The second-order valence-corrected chi connectivity index (χ2v) is 3.30. The van der Waals surface area contributed by atoms with E-state index in [4.69, 9.17) is 5.53 Å². The topological polar surface area (TPSA) is 65.8 Å². The lowest BCUT2D eigenvalue weighted by Gasteiger charge is -2.00. The summed E-state index contributed by atoms with van der Waals surface area (Å²) in [6, 6.07) is 5.69. The summed E-state index contributed by atoms with van der Waals surface area (Å²) < 4.78 is 0. The zero-order chi connectivity index (χ0) is 9.97. The van der Waals surface area contributed by atoms with Gasteiger partial charge in [-0.15, -0.1) is 0 Å². The van der Waals surface area contributed by atoms with Crippen LogP contribution in [0.1, 0.15) is 27.9 Å². The van der Waals surface area contributed by atoms with Crippen LogP contribution in [0, 0.1) is 0 Å². The van der Waals surface area contributed by atoms with E-state index >= 15 is 0 Å². The van der Waals surface area contributed by atoms with Crippen molar-refractivity contribution < 1.29 is 4.79 Å². The molecule has 14 heavy (non-hydrogen) atoms. The lowest BCUT2D eigenvalue weighted by Crippen LogP contribution is -1.92. The van der Waals surface area contributed by atoms with Crippen LogP contribution in [0.2, 0.25) is 0 Å². The van der Waals surface area contributed by atoms with Crippen molar-refractivity contribution in [1.82, 2.24) is 0 Å². The van der Waals surface area contributed by atoms with Crippen LogP contribution in [0.25, 0.3) is 10.4 Å². The lowest BCUT2D eigenvalue weighted by atomic mass is 10.1. The van der Waals surface area contributed by atoms with E-state index in [0.717, 1.165) is 23.1 Å². The molecule has 2 rings (SSSR count). The monoisotopic (exact) mass is 187 g/mol. The lowest BCUT2D eigenvalue weighted by molar-refractivity contribution is 0.0994. The number of ketones is 1. The Bertz CT molecular complexity index is 433. The van der Waals surface area contributed by atoms with E-state index in [0.29, 0.717) is 13.0 Å². The average molecular weight is 187 g/mol. The molecule has 0 atom stereocenters. The molecular formula is C10H9N3O. The molecule has 0 amide bonds. The van der Waals surface area contributed by atoms with Crippen molar-refractivity contribution in [2.24, 2.45) is 5.11 Å². The first-order valence-corrected chi connectivity index (χ1v) is 4.47. The van der Waals surface area contributed by atoms with E-state index in [-0.39, 0.29) is 5.78 Å². The highest BCUT2D eigenvalue weighted by Crippen LogP contribution is 2.23. The normalized spacial score (nSPS) is 13.6. The first-order chi connectivity index (χ1) is 6.81. The van der Waals surface area contributed by atoms with Crippen LogP contribution in [0.3, 0.4) is 0 Å². The van der Waals surface area contributed by atoms with Gasteiger partial charge in [0.15, 0.2) is 5.78 Å². The van der Waals surface area contributed by atoms with Gasteiger partial charge in [0, 0.05) is 16.9 Å². The molecule has 0 N–H and O–H groups in total. The highest BCUT2D eigenvalue weighted by molar-refractivity contribution is 6.00. The standard InChI is InChI=1S/C10H9N3O/c11-13-12-6-7-1-2-8-3-4-10(14)9(8)5-7/h1-2,5H,3-4,6H2. The van der Waals surface area contributed by atoms with Gasteiger partial charge in [-0.05, 0) is 29.1 Å². The molecule has 4 nitrogen and oxygen atoms in total. The molecule has 0 aromatic heterocycles. The van der Waals surface area contributed by atoms with Crippen molar-refractivity contribution in [2.45, 2.75) is 19.4 Å². The molecule has 1 aliphatic carbocycles. The Morgan fingerprint density at radius 1 is 1.43 bits per heavy atom. The van der Waals surface area contributed by atoms with Crippen LogP contribution in [0.15, 0.2) is 23.3 Å². The third kappa shape index (κ3) is 1.47. The zero-order valence-electron chi connectivity index (χ0n) is 7.60. The van der Waals surface area contributed by atoms with Gasteiger partial charge in [0.2, 0.25) is 0 Å². The Labute approximate surface area is 81.2 Å². The maximum Gasteiger partial charge on any atom is 0.163 e. The zero-order valence-corrected chi connectivity index (χ0v) is 7.60. The Morgan fingerprint density at radius 2 is 2.29 bits per heavy atom. The average Bonchev–Trinajstić information content (AvgIpc) is 2.57. The highest BCUT2D eigenvalue weighted by atomic mass is 16.1. The Kier molecular flexibility index (Phi) is 2.21. The van der Waals surface area contributed by atoms with Crippen LogP contribution in [-0.4, -0.2) is 5.78 Å². The van der Waals surface area contributed by atoms with Gasteiger partial charge in [-0.25, -0.2) is 0 Å². The fourth-order valence-corrected chi connectivity index (χ4v) is 1.70. The SMILES string of the molecule is [N-]=[N+]=NCc1ccc2c(c1)C(=O)CC2. The van der Waals surface area contributed by atoms with Gasteiger partial charge < -0.3 is 0 Å². The molecular weight excluding hydrogens is 178 g/mol. The quantitative estimate of drug-likeness (QED) is 0.398. The fourth-order valence-electron chi connectivity index (χ4n) is 1.70. The molecule has 1 aromatic carbocycles. The van der Waals surface area contributed by atoms with Crippen LogP contribution in [0.5, 0.6) is 0 Å². The number of hydrogen-bond donors (Lipinski definition) is 0. The van der Waals surface area contributed by atoms with E-state index in [1.54, 1.807) is 0 Å². The van der Waals surface area contributed by atoms with Gasteiger partial charge in [0.25, 0.3) is 0 Å². The highest BCUT2D eigenvalue weighted by Gasteiger charge is 2.18. The predicted molar refractivity (Wildman–Crippen MR) is 51.9 cm³/mol. The minimum atomic E-state index is 0.197. The van der Waals surface area contributed by atoms with Crippen molar-refractivity contribution in [3.05, 3.63) is 45.3 Å². The van der Waals surface area contributed by atoms with E-state index in [2.05, 4.69) is 10.0 Å². The number of rotatable bonds is 2. The van der Waals surface area contributed by atoms with Gasteiger partial charge in [-0.1, -0.05) is 17.2 Å². The molecule has 1 aliphatic rings. The largest absolute Gasteiger partial charge is 0.294 e. The predicted octanol–water partition coefficient (Wildman–Crippen LogP) is 2.63. The molecule has 0 aliphatic heterocycles. The smallest absolute Gasteiger partial charge is 0.163 e. The summed E-state index contributed by atoms with van der Waals surface area (Å²) in [4.78, 5) is 14.1. The first kappa shape index (κ1) is 8.78. The summed E-state index contributed by atoms with van der Waals surface area (Å²) in [7, 11) is 0. The Hall–Kier alpha value is -1.80. The minimum Gasteiger partial charge on any atom is -0.294 e. The second-order valence-electron chi connectivity index (χ2n) is 3.30. The molecule has 0 saturated carbocycles. The van der Waals surface area contributed by atoms with E-state index < -0.39 is 0 Å². The summed E-state index contributed by atoms with van der Waals surface area (Å²) in [5, 5.41) is 3.46. The summed E-state index contributed by atoms with van der Waals surface area (Å²) in [6.07, 6.45) is 1.45. The number of benzene rings is 1. The number of Topliss-reactive ketones (excluding diaryl/α,β-unsaturated/α-hetero) is 1. The van der Waals surface area contributed by atoms with Crippen molar-refractivity contribution >= 4 is 5.78 Å². The summed E-state index contributed by atoms with van der Waals surface area (Å²) >= 11 is 0. The third-order valence-electron chi connectivity index (χ3n) is 2.41. The molecule has 0 unspecified atom stereocenters. The van der Waals surface area contributed by atoms with Crippen molar-refractivity contribution in [1.29, 1.82) is 0 Å². The number of hydrogen-bond acceptors (Lipinski definition) is 2. The molecule has 0 heterocycles. The van der Waals surface area contributed by atoms with Crippen molar-refractivity contribution in [2.75, 3.05) is 0 Å². The molecule has 0 fully saturated rings. The van der Waals surface area contributed by atoms with E-state index in [9.17, 15) is 4.79 Å². The van der Waals surface area contributed by atoms with Gasteiger partial charge in [0.05, 0.1) is 6.54 Å². The van der Waals surface area contributed by atoms with E-state index in [1.165, 1.54) is 0 Å². The first-order valence-electron chi connectivity index (χ1n) is 4.47. The van der Waals surface area contributed by atoms with Crippen LogP contribution in [-0.2, 0) is 13.0 Å². The van der Waals surface area contributed by atoms with Crippen molar-refractivity contribution in [3.63, 3.8) is 0 Å². The molecule has 0 bridgehead atoms. The number of carbonyl (C=O) groups excluding carboxylic acids is 1. The van der Waals surface area contributed by atoms with Crippen molar-refractivity contribution in [3.8, 4) is 0 Å². The summed E-state index contributed by atoms with van der Waals surface area (Å²) in [6.45, 7) is 0.317. The molecule has 0 saturated heterocycles. The van der Waals surface area contributed by atoms with Gasteiger partial charge in [-0.2, -0.15) is 0 Å². The van der Waals surface area contributed by atoms with Gasteiger partial charge >= 0.3 is 0 Å². The summed E-state index contributed by atoms with van der Waals surface area (Å²) in [5.74, 6) is 0.197. The Morgan fingerprint density at radius 3 is 3.07 bits per heavy atom. The molecule has 0 radical (unpaired) electrons. The number of azide groups is 1.